The van der Waals surface area contributed by atoms with Gasteiger partial charge in [-0.25, -0.2) is 4.21 Å². The van der Waals surface area contributed by atoms with Gasteiger partial charge in [-0.15, -0.1) is 0 Å². The molecule has 0 aromatic heterocycles. The van der Waals surface area contributed by atoms with Gasteiger partial charge in [-0.1, -0.05) is 9.39 Å². The van der Waals surface area contributed by atoms with Crippen molar-refractivity contribution in [1.82, 2.24) is 4.49 Å². The lowest BCUT2D eigenvalue weighted by Gasteiger charge is -1.77. The number of hydrogen-bond donors (Lipinski definition) is 2. The van der Waals surface area contributed by atoms with E-state index in [4.69, 9.17) is 4.55 Å². The molecule has 2 atom stereocenters. The molecule has 5 heavy (non-hydrogen) atoms. The summed E-state index contributed by atoms with van der Waals surface area (Å²) in [4.78, 5) is 0. The van der Waals surface area contributed by atoms with Crippen LogP contribution in [-0.2, 0) is 11.3 Å². The molecule has 2 unspecified atom stereocenters. The standard InChI is InChI=1S/H4NO2PS/c2-5(3)1-4/h1H,4H2,(H,2,3). The van der Waals surface area contributed by atoms with Crippen LogP contribution in [0.25, 0.3) is 0 Å². The van der Waals surface area contributed by atoms with Gasteiger partial charge in [0.25, 0.3) is 0 Å². The zero-order chi connectivity index (χ0) is 4.28. The lowest BCUT2D eigenvalue weighted by molar-refractivity contribution is 0.562. The van der Waals surface area contributed by atoms with Crippen LogP contribution in [0, 0.1) is 0 Å². The maximum absolute atomic E-state index is 9.35. The molecule has 32 valence electrons. The van der Waals surface area contributed by atoms with E-state index in [1.807, 2.05) is 13.9 Å². The van der Waals surface area contributed by atoms with E-state index in [1.165, 1.54) is 0 Å². The van der Waals surface area contributed by atoms with E-state index in [9.17, 15) is 4.21 Å². The third-order valence-electron chi connectivity index (χ3n) is 0.101. The molecular formula is H4NO2PS. The van der Waals surface area contributed by atoms with Crippen LogP contribution in [0.2, 0.25) is 0 Å². The molecule has 0 amide bonds. The summed E-state index contributed by atoms with van der Waals surface area (Å²) in [6.07, 6.45) is 0. The molecule has 0 aliphatic carbocycles. The third kappa shape index (κ3) is 4.50. The van der Waals surface area contributed by atoms with Gasteiger partial charge in [-0.05, 0) is 0 Å². The molecular weight excluding hydrogens is 109 g/mol. The summed E-state index contributed by atoms with van der Waals surface area (Å²) < 4.78 is 19.0. The molecule has 0 saturated carbocycles. The number of rotatable bonds is 1. The first-order chi connectivity index (χ1) is 2.27. The summed E-state index contributed by atoms with van der Waals surface area (Å²) in [5.74, 6) is 0. The molecule has 0 radical (unpaired) electrons. The maximum Gasteiger partial charge on any atom is 0.234 e. The van der Waals surface area contributed by atoms with Crippen molar-refractivity contribution in [3.8, 4) is 0 Å². The summed E-state index contributed by atoms with van der Waals surface area (Å²) in [6.45, 7) is 0. The second-order valence-electron chi connectivity index (χ2n) is 0.367. The Morgan fingerprint density at radius 1 is 2.00 bits per heavy atom. The van der Waals surface area contributed by atoms with E-state index in [0.717, 1.165) is 0 Å². The smallest absolute Gasteiger partial charge is 0.234 e. The highest BCUT2D eigenvalue weighted by atomic mass is 32.2. The van der Waals surface area contributed by atoms with Gasteiger partial charge in [-0.2, -0.15) is 4.49 Å². The molecule has 2 N–H and O–H groups in total. The quantitative estimate of drug-likeness (QED) is 0.356. The molecule has 0 rings (SSSR count). The topological polar surface area (TPSA) is 49.3 Å². The van der Waals surface area contributed by atoms with E-state index in [1.54, 1.807) is 0 Å². The average Bonchev–Trinajstić information content (AvgIpc) is 1.38. The minimum Gasteiger partial charge on any atom is -0.294 e. The van der Waals surface area contributed by atoms with E-state index < -0.39 is 11.3 Å². The molecule has 5 heteroatoms. The first kappa shape index (κ1) is 5.50. The molecule has 0 aromatic carbocycles. The van der Waals surface area contributed by atoms with Crippen LogP contribution in [-0.4, -0.2) is 8.76 Å². The summed E-state index contributed by atoms with van der Waals surface area (Å²) >= 11 is -1.86. The molecule has 0 aromatic rings. The highest BCUT2D eigenvalue weighted by Crippen LogP contribution is 1.66. The molecule has 3 nitrogen and oxygen atoms in total. The molecule has 0 saturated heterocycles. The molecule has 0 spiro atoms. The van der Waals surface area contributed by atoms with Crippen molar-refractivity contribution in [2.75, 3.05) is 0 Å². The van der Waals surface area contributed by atoms with Crippen LogP contribution in [0.3, 0.4) is 0 Å². The Labute approximate surface area is 34.8 Å². The van der Waals surface area contributed by atoms with Crippen LogP contribution >= 0.6 is 9.39 Å². The van der Waals surface area contributed by atoms with Crippen molar-refractivity contribution < 1.29 is 8.76 Å². The molecule has 0 bridgehead atoms. The lowest BCUT2D eigenvalue weighted by Crippen LogP contribution is -1.98. The van der Waals surface area contributed by atoms with Crippen molar-refractivity contribution in [1.29, 1.82) is 0 Å². The highest BCUT2D eigenvalue weighted by molar-refractivity contribution is 7.80. The predicted molar refractivity (Wildman–Crippen MR) is 23.6 cm³/mol. The van der Waals surface area contributed by atoms with Gasteiger partial charge < -0.3 is 0 Å². The van der Waals surface area contributed by atoms with E-state index >= 15 is 0 Å². The van der Waals surface area contributed by atoms with Crippen LogP contribution in [0.4, 0.5) is 0 Å². The second-order valence-corrected chi connectivity index (χ2v) is 1.81. The Kier molecular flexibility index (Phi) is 2.99. The molecule has 0 aliphatic rings. The minimum atomic E-state index is -1.86. The fourth-order valence-corrected chi connectivity index (χ4v) is 0. The zero-order valence-corrected chi connectivity index (χ0v) is 4.31. The summed E-state index contributed by atoms with van der Waals surface area (Å²) in [5.41, 5.74) is 0. The van der Waals surface area contributed by atoms with Crippen LogP contribution in [0.5, 0.6) is 0 Å². The Hall–Kier alpha value is 0.500. The Morgan fingerprint density at radius 3 is 2.20 bits per heavy atom. The van der Waals surface area contributed by atoms with Crippen molar-refractivity contribution in [2.45, 2.75) is 0 Å². The van der Waals surface area contributed by atoms with Gasteiger partial charge in [0.1, 0.15) is 0 Å². The van der Waals surface area contributed by atoms with Crippen LogP contribution in [0.15, 0.2) is 0 Å². The van der Waals surface area contributed by atoms with Crippen molar-refractivity contribution >= 4 is 20.7 Å². The average molecular weight is 113 g/mol. The SMILES string of the molecule is O=S(O)NP. The van der Waals surface area contributed by atoms with E-state index in [-0.39, 0.29) is 0 Å². The van der Waals surface area contributed by atoms with Gasteiger partial charge in [0, 0.05) is 0 Å². The molecule has 0 fully saturated rings. The molecule has 0 aliphatic heterocycles. The lowest BCUT2D eigenvalue weighted by atomic mass is 13.9. The van der Waals surface area contributed by atoms with Crippen molar-refractivity contribution in [3.05, 3.63) is 0 Å². The maximum atomic E-state index is 9.35. The van der Waals surface area contributed by atoms with Gasteiger partial charge in [0.05, 0.1) is 0 Å². The van der Waals surface area contributed by atoms with Gasteiger partial charge in [-0.3, -0.25) is 4.55 Å². The third-order valence-corrected chi connectivity index (χ3v) is 0.907. The summed E-state index contributed by atoms with van der Waals surface area (Å²) in [6, 6.07) is 0. The number of hydrogen-bond acceptors (Lipinski definition) is 1. The monoisotopic (exact) mass is 113 g/mol. The predicted octanol–water partition coefficient (Wildman–Crippen LogP) is -0.497. The van der Waals surface area contributed by atoms with Crippen molar-refractivity contribution in [2.24, 2.45) is 0 Å². The second kappa shape index (κ2) is 2.72. The first-order valence-electron chi connectivity index (χ1n) is 0.842. The zero-order valence-electron chi connectivity index (χ0n) is 2.34. The van der Waals surface area contributed by atoms with Gasteiger partial charge in [0.15, 0.2) is 0 Å². The minimum absolute atomic E-state index is 1.86. The fraction of sp³-hybridized carbons (Fsp3) is 0. The van der Waals surface area contributed by atoms with Crippen LogP contribution in [0.1, 0.15) is 0 Å². The summed E-state index contributed by atoms with van der Waals surface area (Å²) in [5, 5.41) is 0. The van der Waals surface area contributed by atoms with Crippen LogP contribution < -0.4 is 4.49 Å². The number of nitrogens with one attached hydrogen (secondary N) is 1. The van der Waals surface area contributed by atoms with Crippen molar-refractivity contribution in [3.63, 3.8) is 0 Å². The fourth-order valence-electron chi connectivity index (χ4n) is 0. The molecule has 0 heterocycles. The van der Waals surface area contributed by atoms with Gasteiger partial charge >= 0.3 is 0 Å². The summed E-state index contributed by atoms with van der Waals surface area (Å²) in [7, 11) is 1.89. The highest BCUT2D eigenvalue weighted by Gasteiger charge is 1.73. The van der Waals surface area contributed by atoms with E-state index in [2.05, 4.69) is 0 Å². The van der Waals surface area contributed by atoms with E-state index in [0.29, 0.717) is 0 Å². The normalized spacial score (nSPS) is 14.8. The first-order valence-corrected chi connectivity index (χ1v) is 2.53. The Bertz CT molecular complexity index is 44.9. The van der Waals surface area contributed by atoms with Gasteiger partial charge in [0.2, 0.25) is 11.3 Å². The Balaban J connectivity index is 2.85. The Morgan fingerprint density at radius 2 is 2.20 bits per heavy atom. The largest absolute Gasteiger partial charge is 0.294 e.